The second-order valence-corrected chi connectivity index (χ2v) is 6.90. The van der Waals surface area contributed by atoms with Crippen molar-refractivity contribution in [2.75, 3.05) is 20.8 Å². The van der Waals surface area contributed by atoms with Gasteiger partial charge in [-0.1, -0.05) is 44.2 Å². The fourth-order valence-corrected chi connectivity index (χ4v) is 2.87. The number of benzene rings is 2. The molecule has 0 aliphatic heterocycles. The van der Waals surface area contributed by atoms with Crippen molar-refractivity contribution in [1.82, 2.24) is 5.32 Å². The fourth-order valence-electron chi connectivity index (χ4n) is 2.87. The molecule has 1 N–H and O–H groups in total. The minimum atomic E-state index is -3.01. The van der Waals surface area contributed by atoms with Crippen molar-refractivity contribution in [3.8, 4) is 11.5 Å². The van der Waals surface area contributed by atoms with Gasteiger partial charge in [-0.05, 0) is 41.2 Å². The molecular weight excluding hydrogens is 392 g/mol. The Morgan fingerprint density at radius 3 is 2.27 bits per heavy atom. The van der Waals surface area contributed by atoms with Crippen LogP contribution in [0.25, 0.3) is 5.57 Å². The van der Waals surface area contributed by atoms with Crippen LogP contribution in [0.15, 0.2) is 48.7 Å². The largest absolute Gasteiger partial charge is 0.493 e. The first-order chi connectivity index (χ1) is 14.3. The van der Waals surface area contributed by atoms with Gasteiger partial charge < -0.3 is 19.5 Å². The van der Waals surface area contributed by atoms with E-state index in [0.717, 1.165) is 17.4 Å². The number of halogens is 2. The quantitative estimate of drug-likeness (QED) is 0.445. The Kier molecular flexibility index (Phi) is 8.65. The van der Waals surface area contributed by atoms with E-state index in [1.807, 2.05) is 38.1 Å². The summed E-state index contributed by atoms with van der Waals surface area (Å²) in [6.07, 6.45) is 1.34. The minimum Gasteiger partial charge on any atom is -0.493 e. The number of hydrogen-bond donors (Lipinski definition) is 1. The lowest BCUT2D eigenvalue weighted by Crippen LogP contribution is -2.27. The maximum Gasteiger partial charge on any atom is 0.386 e. The molecule has 0 aliphatic carbocycles. The molecule has 0 saturated carbocycles. The molecule has 0 atom stereocenters. The van der Waals surface area contributed by atoms with E-state index in [2.05, 4.69) is 10.1 Å². The zero-order chi connectivity index (χ0) is 22.1. The Labute approximate surface area is 175 Å². The smallest absolute Gasteiger partial charge is 0.386 e. The van der Waals surface area contributed by atoms with Gasteiger partial charge in [0.05, 0.1) is 19.8 Å². The van der Waals surface area contributed by atoms with Crippen molar-refractivity contribution in [3.05, 3.63) is 65.4 Å². The molecule has 0 saturated heterocycles. The second-order valence-electron chi connectivity index (χ2n) is 6.90. The number of carbonyl (C=O) groups is 1. The van der Waals surface area contributed by atoms with E-state index < -0.39 is 12.5 Å². The topological polar surface area (TPSA) is 56.8 Å². The van der Waals surface area contributed by atoms with Gasteiger partial charge >= 0.3 is 6.61 Å². The zero-order valence-electron chi connectivity index (χ0n) is 17.6. The second kappa shape index (κ2) is 11.2. The highest BCUT2D eigenvalue weighted by Gasteiger charge is 2.15. The highest BCUT2D eigenvalue weighted by Crippen LogP contribution is 2.27. The van der Waals surface area contributed by atoms with E-state index in [0.29, 0.717) is 35.9 Å². The average Bonchev–Trinajstić information content (AvgIpc) is 2.73. The number of amides is 1. The van der Waals surface area contributed by atoms with Crippen LogP contribution in [0, 0.1) is 0 Å². The van der Waals surface area contributed by atoms with Crippen LogP contribution in [-0.2, 0) is 16.0 Å². The summed E-state index contributed by atoms with van der Waals surface area (Å²) in [7, 11) is 3.11. The molecule has 2 rings (SSSR count). The normalized spacial score (nSPS) is 11.5. The molecule has 0 fully saturated rings. The molecule has 5 nitrogen and oxygen atoms in total. The lowest BCUT2D eigenvalue weighted by atomic mass is 9.99. The highest BCUT2D eigenvalue weighted by atomic mass is 19.3. The summed E-state index contributed by atoms with van der Waals surface area (Å²) in [6, 6.07) is 12.7. The Morgan fingerprint density at radius 2 is 1.70 bits per heavy atom. The summed E-state index contributed by atoms with van der Waals surface area (Å²) in [5.41, 5.74) is 2.56. The SMILES string of the molecule is COc1ccc(CCNC(=O)/C(=C/OC(F)F)c2ccc(C(C)C)cc2)cc1OC. The Hall–Kier alpha value is -3.09. The predicted octanol–water partition coefficient (Wildman–Crippen LogP) is 4.77. The van der Waals surface area contributed by atoms with Crippen LogP contribution in [0.2, 0.25) is 0 Å². The van der Waals surface area contributed by atoms with Gasteiger partial charge in [-0.25, -0.2) is 0 Å². The summed E-state index contributed by atoms with van der Waals surface area (Å²) in [6.45, 7) is 1.40. The van der Waals surface area contributed by atoms with E-state index in [1.54, 1.807) is 32.4 Å². The minimum absolute atomic E-state index is 0.0397. The molecule has 7 heteroatoms. The van der Waals surface area contributed by atoms with Crippen molar-refractivity contribution in [3.63, 3.8) is 0 Å². The number of hydrogen-bond acceptors (Lipinski definition) is 4. The molecule has 30 heavy (non-hydrogen) atoms. The summed E-state index contributed by atoms with van der Waals surface area (Å²) in [5.74, 6) is 1.04. The van der Waals surface area contributed by atoms with Gasteiger partial charge in [0.1, 0.15) is 6.26 Å². The number of rotatable bonds is 10. The van der Waals surface area contributed by atoms with Crippen LogP contribution in [0.1, 0.15) is 36.5 Å². The standard InChI is InChI=1S/C23H27F2NO4/c1-15(2)17-6-8-18(9-7-17)19(14-30-23(24)25)22(27)26-12-11-16-5-10-20(28-3)21(13-16)29-4/h5-10,13-15,23H,11-12H2,1-4H3,(H,26,27)/b19-14+. The number of methoxy groups -OCH3 is 2. The van der Waals surface area contributed by atoms with Crippen molar-refractivity contribution in [2.45, 2.75) is 32.8 Å². The van der Waals surface area contributed by atoms with E-state index >= 15 is 0 Å². The highest BCUT2D eigenvalue weighted by molar-refractivity contribution is 6.19. The average molecular weight is 419 g/mol. The van der Waals surface area contributed by atoms with Crippen LogP contribution < -0.4 is 14.8 Å². The van der Waals surface area contributed by atoms with Crippen LogP contribution in [0.4, 0.5) is 8.78 Å². The molecule has 0 unspecified atom stereocenters. The maximum absolute atomic E-state index is 12.6. The molecule has 0 spiro atoms. The molecule has 2 aromatic rings. The van der Waals surface area contributed by atoms with E-state index in [4.69, 9.17) is 9.47 Å². The third-order valence-electron chi connectivity index (χ3n) is 4.57. The first-order valence-corrected chi connectivity index (χ1v) is 9.59. The van der Waals surface area contributed by atoms with Crippen LogP contribution >= 0.6 is 0 Å². The molecule has 1 amide bonds. The molecule has 0 aliphatic rings. The van der Waals surface area contributed by atoms with E-state index in [9.17, 15) is 13.6 Å². The summed E-state index contributed by atoms with van der Waals surface area (Å²) < 4.78 is 39.8. The Balaban J connectivity index is 2.08. The molecule has 0 aromatic heterocycles. The van der Waals surface area contributed by atoms with Crippen molar-refractivity contribution < 1.29 is 27.8 Å². The van der Waals surface area contributed by atoms with Crippen molar-refractivity contribution in [1.29, 1.82) is 0 Å². The zero-order valence-corrected chi connectivity index (χ0v) is 17.6. The molecule has 0 heterocycles. The van der Waals surface area contributed by atoms with Gasteiger partial charge in [0.2, 0.25) is 0 Å². The third-order valence-corrected chi connectivity index (χ3v) is 4.57. The summed E-state index contributed by atoms with van der Waals surface area (Å²) in [4.78, 5) is 12.6. The van der Waals surface area contributed by atoms with E-state index in [-0.39, 0.29) is 5.57 Å². The van der Waals surface area contributed by atoms with Gasteiger partial charge in [0.15, 0.2) is 11.5 Å². The van der Waals surface area contributed by atoms with Gasteiger partial charge in [-0.2, -0.15) is 8.78 Å². The van der Waals surface area contributed by atoms with Gasteiger partial charge in [0, 0.05) is 6.54 Å². The molecule has 0 radical (unpaired) electrons. The van der Waals surface area contributed by atoms with Crippen molar-refractivity contribution >= 4 is 11.5 Å². The number of alkyl halides is 2. The van der Waals surface area contributed by atoms with Crippen molar-refractivity contribution in [2.24, 2.45) is 0 Å². The van der Waals surface area contributed by atoms with E-state index in [1.165, 1.54) is 0 Å². The van der Waals surface area contributed by atoms with Crippen LogP contribution in [-0.4, -0.2) is 33.3 Å². The summed E-state index contributed by atoms with van der Waals surface area (Å²) >= 11 is 0. The predicted molar refractivity (Wildman–Crippen MR) is 112 cm³/mol. The third kappa shape index (κ3) is 6.47. The number of nitrogens with one attached hydrogen (secondary N) is 1. The first-order valence-electron chi connectivity index (χ1n) is 9.59. The number of ether oxygens (including phenoxy) is 3. The van der Waals surface area contributed by atoms with Crippen LogP contribution in [0.5, 0.6) is 11.5 Å². The molecular formula is C23H27F2NO4. The van der Waals surface area contributed by atoms with Crippen LogP contribution in [0.3, 0.4) is 0 Å². The first kappa shape index (κ1) is 23.2. The fraction of sp³-hybridized carbons (Fsp3) is 0.348. The van der Waals surface area contributed by atoms with Gasteiger partial charge in [-0.15, -0.1) is 0 Å². The maximum atomic E-state index is 12.6. The number of carbonyl (C=O) groups excluding carboxylic acids is 1. The molecule has 162 valence electrons. The van der Waals surface area contributed by atoms with Gasteiger partial charge in [0.25, 0.3) is 5.91 Å². The molecule has 2 aromatic carbocycles. The molecule has 0 bridgehead atoms. The summed E-state index contributed by atoms with van der Waals surface area (Å²) in [5, 5.41) is 2.75. The Morgan fingerprint density at radius 1 is 1.03 bits per heavy atom. The lowest BCUT2D eigenvalue weighted by molar-refractivity contribution is -0.116. The van der Waals surface area contributed by atoms with Gasteiger partial charge in [-0.3, -0.25) is 4.79 Å². The Bertz CT molecular complexity index is 864. The monoisotopic (exact) mass is 419 g/mol. The lowest BCUT2D eigenvalue weighted by Gasteiger charge is -2.12.